The summed E-state index contributed by atoms with van der Waals surface area (Å²) < 4.78 is 2.24. The number of imidazole rings is 1. The molecule has 2 aromatic heterocycles. The summed E-state index contributed by atoms with van der Waals surface area (Å²) in [5.74, 6) is 1.12. The number of para-hydroxylation sites is 3. The molecule has 216 valence electrons. The first-order chi connectivity index (χ1) is 22.7. The molecular formula is C42H27N3O. The normalized spacial score (nSPS) is 11.6. The molecule has 0 spiro atoms. The van der Waals surface area contributed by atoms with Gasteiger partial charge in [0.25, 0.3) is 0 Å². The van der Waals surface area contributed by atoms with E-state index in [1.807, 2.05) is 36.4 Å². The highest BCUT2D eigenvalue weighted by atomic mass is 16.3. The summed E-state index contributed by atoms with van der Waals surface area (Å²) in [6.07, 6.45) is 1.72. The number of phenolic OH excluding ortho intramolecular Hbond substituents is 1. The predicted molar refractivity (Wildman–Crippen MR) is 189 cm³/mol. The van der Waals surface area contributed by atoms with Crippen LogP contribution in [0.1, 0.15) is 0 Å². The Hall–Kier alpha value is -6.26. The molecule has 0 fully saturated rings. The molecule has 1 N–H and O–H groups in total. The molecule has 0 atom stereocenters. The van der Waals surface area contributed by atoms with Crippen LogP contribution in [0.2, 0.25) is 0 Å². The largest absolute Gasteiger partial charge is 0.505 e. The van der Waals surface area contributed by atoms with Gasteiger partial charge in [-0.1, -0.05) is 97.1 Å². The van der Waals surface area contributed by atoms with Crippen molar-refractivity contribution in [2.24, 2.45) is 0 Å². The van der Waals surface area contributed by atoms with Crippen molar-refractivity contribution in [1.29, 1.82) is 0 Å². The smallest absolute Gasteiger partial charge is 0.149 e. The third-order valence-electron chi connectivity index (χ3n) is 8.92. The highest BCUT2D eigenvalue weighted by molar-refractivity contribution is 6.10. The van der Waals surface area contributed by atoms with Crippen molar-refractivity contribution < 1.29 is 5.11 Å². The third-order valence-corrected chi connectivity index (χ3v) is 8.92. The highest BCUT2D eigenvalue weighted by Gasteiger charge is 2.17. The van der Waals surface area contributed by atoms with Crippen LogP contribution in [-0.2, 0) is 0 Å². The molecule has 9 rings (SSSR count). The zero-order valence-electron chi connectivity index (χ0n) is 24.8. The zero-order valence-corrected chi connectivity index (χ0v) is 24.8. The molecule has 0 saturated carbocycles. The lowest BCUT2D eigenvalue weighted by atomic mass is 9.91. The predicted octanol–water partition coefficient (Wildman–Crippen LogP) is 10.6. The molecule has 4 nitrogen and oxygen atoms in total. The summed E-state index contributed by atoms with van der Waals surface area (Å²) in [5, 5.41) is 16.7. The van der Waals surface area contributed by atoms with Gasteiger partial charge >= 0.3 is 0 Å². The number of hydrogen-bond donors (Lipinski definition) is 1. The number of pyridine rings is 1. The fourth-order valence-electron chi connectivity index (χ4n) is 6.77. The average Bonchev–Trinajstić information content (AvgIpc) is 3.51. The Balaban J connectivity index is 1.21. The number of aromatic nitrogens is 3. The van der Waals surface area contributed by atoms with Gasteiger partial charge in [-0.2, -0.15) is 0 Å². The van der Waals surface area contributed by atoms with Crippen LogP contribution in [0.4, 0.5) is 0 Å². The summed E-state index contributed by atoms with van der Waals surface area (Å²) >= 11 is 0. The molecule has 0 aliphatic heterocycles. The number of hydrogen-bond acceptors (Lipinski definition) is 3. The summed E-state index contributed by atoms with van der Waals surface area (Å²) in [4.78, 5) is 9.55. The van der Waals surface area contributed by atoms with Crippen LogP contribution in [0.3, 0.4) is 0 Å². The maximum absolute atomic E-state index is 11.3. The van der Waals surface area contributed by atoms with Gasteiger partial charge in [-0.05, 0) is 92.8 Å². The number of fused-ring (bicyclic) bond motifs is 4. The van der Waals surface area contributed by atoms with Crippen molar-refractivity contribution in [2.75, 3.05) is 0 Å². The first-order valence-electron chi connectivity index (χ1n) is 15.4. The summed E-state index contributed by atoms with van der Waals surface area (Å²) in [7, 11) is 0. The van der Waals surface area contributed by atoms with Gasteiger partial charge in [0.1, 0.15) is 17.1 Å². The minimum absolute atomic E-state index is 0.206. The van der Waals surface area contributed by atoms with Gasteiger partial charge < -0.3 is 5.11 Å². The Bertz CT molecular complexity index is 2600. The van der Waals surface area contributed by atoms with E-state index < -0.39 is 0 Å². The van der Waals surface area contributed by atoms with Crippen molar-refractivity contribution in [1.82, 2.24) is 14.5 Å². The molecule has 4 heteroatoms. The van der Waals surface area contributed by atoms with Crippen LogP contribution in [0, 0.1) is 0 Å². The maximum atomic E-state index is 11.3. The van der Waals surface area contributed by atoms with Gasteiger partial charge in [-0.3, -0.25) is 9.55 Å². The number of aromatic hydroxyl groups is 1. The average molecular weight is 590 g/mol. The van der Waals surface area contributed by atoms with Crippen molar-refractivity contribution in [3.05, 3.63) is 158 Å². The first-order valence-corrected chi connectivity index (χ1v) is 15.4. The van der Waals surface area contributed by atoms with Crippen LogP contribution in [0.5, 0.6) is 5.75 Å². The van der Waals surface area contributed by atoms with Crippen LogP contribution >= 0.6 is 0 Å². The molecule has 0 saturated heterocycles. The number of benzene rings is 7. The monoisotopic (exact) mass is 589 g/mol. The van der Waals surface area contributed by atoms with Gasteiger partial charge in [0.2, 0.25) is 0 Å². The molecule has 0 aliphatic carbocycles. The Morgan fingerprint density at radius 1 is 0.500 bits per heavy atom. The van der Waals surface area contributed by atoms with Gasteiger partial charge in [-0.25, -0.2) is 4.98 Å². The molecular weight excluding hydrogens is 562 g/mol. The van der Waals surface area contributed by atoms with Crippen LogP contribution in [0.25, 0.3) is 82.8 Å². The molecule has 0 amide bonds. The highest BCUT2D eigenvalue weighted by Crippen LogP contribution is 2.41. The standard InChI is InChI=1S/C42H27N3O/c46-41-35(22-21-27-14-9-23-43-40(27)41)34-18-8-12-30-25-36-29(26-37(30)34)11-7-17-33(36)28-10-6-13-31(24-28)42-44-38-19-4-5-20-39(38)45(42)32-15-2-1-3-16-32/h1-26,46H. The Morgan fingerprint density at radius 3 is 2.04 bits per heavy atom. The first kappa shape index (κ1) is 26.2. The van der Waals surface area contributed by atoms with E-state index >= 15 is 0 Å². The van der Waals surface area contributed by atoms with Gasteiger partial charge in [0.15, 0.2) is 0 Å². The lowest BCUT2D eigenvalue weighted by Crippen LogP contribution is -1.97. The fourth-order valence-corrected chi connectivity index (χ4v) is 6.77. The van der Waals surface area contributed by atoms with Gasteiger partial charge in [0, 0.05) is 28.4 Å². The topological polar surface area (TPSA) is 50.9 Å². The lowest BCUT2D eigenvalue weighted by molar-refractivity contribution is 0.482. The maximum Gasteiger partial charge on any atom is 0.149 e. The van der Waals surface area contributed by atoms with E-state index in [4.69, 9.17) is 4.98 Å². The van der Waals surface area contributed by atoms with Crippen molar-refractivity contribution in [3.63, 3.8) is 0 Å². The Labute approximate surface area is 265 Å². The molecule has 0 bridgehead atoms. The fraction of sp³-hybridized carbons (Fsp3) is 0. The minimum atomic E-state index is 0.206. The van der Waals surface area contributed by atoms with Crippen molar-refractivity contribution in [2.45, 2.75) is 0 Å². The van der Waals surface area contributed by atoms with E-state index in [0.29, 0.717) is 5.52 Å². The van der Waals surface area contributed by atoms with Gasteiger partial charge in [0.05, 0.1) is 11.0 Å². The molecule has 0 radical (unpaired) electrons. The summed E-state index contributed by atoms with van der Waals surface area (Å²) in [5.41, 5.74) is 8.84. The Kier molecular flexibility index (Phi) is 5.93. The SMILES string of the molecule is Oc1c(-c2cccc3cc4c(-c5cccc(-c6nc7ccccc7n6-c6ccccc6)c5)cccc4cc23)ccc2cccnc12. The quantitative estimate of drug-likeness (QED) is 0.208. The molecule has 2 heterocycles. The van der Waals surface area contributed by atoms with Crippen LogP contribution < -0.4 is 0 Å². The summed E-state index contributed by atoms with van der Waals surface area (Å²) in [6.45, 7) is 0. The summed E-state index contributed by atoms with van der Waals surface area (Å²) in [6, 6.07) is 52.5. The van der Waals surface area contributed by atoms with E-state index in [1.165, 1.54) is 5.39 Å². The van der Waals surface area contributed by atoms with Gasteiger partial charge in [-0.15, -0.1) is 0 Å². The van der Waals surface area contributed by atoms with Crippen molar-refractivity contribution >= 4 is 43.5 Å². The molecule has 7 aromatic carbocycles. The second-order valence-electron chi connectivity index (χ2n) is 11.6. The van der Waals surface area contributed by atoms with E-state index in [2.05, 4.69) is 125 Å². The minimum Gasteiger partial charge on any atom is -0.505 e. The van der Waals surface area contributed by atoms with E-state index in [-0.39, 0.29) is 5.75 Å². The Morgan fingerprint density at radius 2 is 1.20 bits per heavy atom. The van der Waals surface area contributed by atoms with E-state index in [9.17, 15) is 5.11 Å². The number of phenols is 1. The third kappa shape index (κ3) is 4.15. The molecule has 46 heavy (non-hydrogen) atoms. The molecule has 9 aromatic rings. The van der Waals surface area contributed by atoms with Crippen LogP contribution in [-0.4, -0.2) is 19.6 Å². The second kappa shape index (κ2) is 10.4. The number of nitrogens with zero attached hydrogens (tertiary/aromatic N) is 3. The number of rotatable bonds is 4. The van der Waals surface area contributed by atoms with E-state index in [0.717, 1.165) is 71.9 Å². The second-order valence-corrected chi connectivity index (χ2v) is 11.6. The lowest BCUT2D eigenvalue weighted by Gasteiger charge is -2.14. The molecule has 0 unspecified atom stereocenters. The zero-order chi connectivity index (χ0) is 30.6. The van der Waals surface area contributed by atoms with Crippen molar-refractivity contribution in [3.8, 4) is 45.1 Å². The van der Waals surface area contributed by atoms with Crippen LogP contribution in [0.15, 0.2) is 158 Å². The van der Waals surface area contributed by atoms with E-state index in [1.54, 1.807) is 6.20 Å². The molecule has 0 aliphatic rings.